The predicted molar refractivity (Wildman–Crippen MR) is 82.0 cm³/mol. The SMILES string of the molecule is Cn1nnnc1SCc1ccc(C(=O)c2ccc(Cl)cc2)o1. The summed E-state index contributed by atoms with van der Waals surface area (Å²) < 4.78 is 7.16. The Morgan fingerprint density at radius 1 is 1.27 bits per heavy atom. The van der Waals surface area contributed by atoms with Gasteiger partial charge in [0.1, 0.15) is 5.76 Å². The number of carbonyl (C=O) groups excluding carboxylic acids is 1. The van der Waals surface area contributed by atoms with Gasteiger partial charge in [-0.2, -0.15) is 0 Å². The third kappa shape index (κ3) is 3.20. The highest BCUT2D eigenvalue weighted by atomic mass is 35.5. The topological polar surface area (TPSA) is 73.8 Å². The lowest BCUT2D eigenvalue weighted by atomic mass is 10.1. The summed E-state index contributed by atoms with van der Waals surface area (Å²) in [6, 6.07) is 10.1. The van der Waals surface area contributed by atoms with Crippen LogP contribution in [0.1, 0.15) is 21.9 Å². The zero-order valence-electron chi connectivity index (χ0n) is 11.6. The molecule has 0 aliphatic rings. The summed E-state index contributed by atoms with van der Waals surface area (Å²) in [5.74, 6) is 1.36. The molecule has 0 unspecified atom stereocenters. The van der Waals surface area contributed by atoms with Gasteiger partial charge in [0.25, 0.3) is 0 Å². The molecular weight excluding hydrogens is 324 g/mol. The third-order valence-corrected chi connectivity index (χ3v) is 4.20. The highest BCUT2D eigenvalue weighted by molar-refractivity contribution is 7.98. The molecule has 0 spiro atoms. The number of carbonyl (C=O) groups is 1. The second-order valence-corrected chi connectivity index (χ2v) is 5.85. The van der Waals surface area contributed by atoms with Crippen molar-refractivity contribution in [3.05, 3.63) is 58.5 Å². The maximum absolute atomic E-state index is 12.3. The lowest BCUT2D eigenvalue weighted by Gasteiger charge is -1.99. The molecular formula is C14H11ClN4O2S. The monoisotopic (exact) mass is 334 g/mol. The van der Waals surface area contributed by atoms with E-state index in [1.165, 1.54) is 11.8 Å². The molecule has 112 valence electrons. The predicted octanol–water partition coefficient (Wildman–Crippen LogP) is 2.98. The van der Waals surface area contributed by atoms with Crippen LogP contribution in [0.4, 0.5) is 0 Å². The minimum Gasteiger partial charge on any atom is -0.457 e. The van der Waals surface area contributed by atoms with Crippen molar-refractivity contribution < 1.29 is 9.21 Å². The van der Waals surface area contributed by atoms with E-state index in [1.807, 2.05) is 0 Å². The van der Waals surface area contributed by atoms with Crippen LogP contribution in [0.15, 0.2) is 46.0 Å². The number of hydrogen-bond donors (Lipinski definition) is 0. The van der Waals surface area contributed by atoms with Crippen LogP contribution < -0.4 is 0 Å². The van der Waals surface area contributed by atoms with E-state index < -0.39 is 0 Å². The Hall–Kier alpha value is -2.12. The van der Waals surface area contributed by atoms with E-state index in [0.717, 1.165) is 0 Å². The van der Waals surface area contributed by atoms with Crippen molar-refractivity contribution in [2.24, 2.45) is 7.05 Å². The Morgan fingerprint density at radius 2 is 2.05 bits per heavy atom. The van der Waals surface area contributed by atoms with Gasteiger partial charge in [0.2, 0.25) is 10.9 Å². The van der Waals surface area contributed by atoms with Crippen LogP contribution in [0.5, 0.6) is 0 Å². The zero-order valence-corrected chi connectivity index (χ0v) is 13.1. The van der Waals surface area contributed by atoms with Crippen molar-refractivity contribution in [3.8, 4) is 0 Å². The average Bonchev–Trinajstić information content (AvgIpc) is 3.14. The van der Waals surface area contributed by atoms with Gasteiger partial charge in [0.15, 0.2) is 5.76 Å². The number of benzene rings is 1. The average molecular weight is 335 g/mol. The van der Waals surface area contributed by atoms with Crippen LogP contribution in [0, 0.1) is 0 Å². The molecule has 0 N–H and O–H groups in total. The lowest BCUT2D eigenvalue weighted by molar-refractivity contribution is 0.101. The Bertz CT molecular complexity index is 797. The van der Waals surface area contributed by atoms with Gasteiger partial charge in [0, 0.05) is 17.6 Å². The molecule has 6 nitrogen and oxygen atoms in total. The van der Waals surface area contributed by atoms with E-state index >= 15 is 0 Å². The fourth-order valence-electron chi connectivity index (χ4n) is 1.80. The van der Waals surface area contributed by atoms with Gasteiger partial charge in [-0.05, 0) is 46.8 Å². The van der Waals surface area contributed by atoms with Crippen LogP contribution in [-0.4, -0.2) is 26.0 Å². The molecule has 0 bridgehead atoms. The maximum Gasteiger partial charge on any atom is 0.228 e. The summed E-state index contributed by atoms with van der Waals surface area (Å²) >= 11 is 7.25. The Balaban J connectivity index is 1.69. The third-order valence-electron chi connectivity index (χ3n) is 2.92. The van der Waals surface area contributed by atoms with Crippen molar-refractivity contribution in [1.82, 2.24) is 20.2 Å². The van der Waals surface area contributed by atoms with Crippen molar-refractivity contribution in [2.75, 3.05) is 0 Å². The van der Waals surface area contributed by atoms with E-state index in [-0.39, 0.29) is 5.78 Å². The number of ketones is 1. The molecule has 1 aromatic carbocycles. The van der Waals surface area contributed by atoms with Gasteiger partial charge >= 0.3 is 0 Å². The highest BCUT2D eigenvalue weighted by Gasteiger charge is 2.14. The molecule has 0 atom stereocenters. The van der Waals surface area contributed by atoms with Gasteiger partial charge in [-0.25, -0.2) is 4.68 Å². The smallest absolute Gasteiger partial charge is 0.228 e. The summed E-state index contributed by atoms with van der Waals surface area (Å²) in [7, 11) is 1.76. The number of thioether (sulfide) groups is 1. The molecule has 0 aliphatic heterocycles. The van der Waals surface area contributed by atoms with Gasteiger partial charge < -0.3 is 4.42 Å². The largest absolute Gasteiger partial charge is 0.457 e. The van der Waals surface area contributed by atoms with E-state index in [2.05, 4.69) is 15.5 Å². The van der Waals surface area contributed by atoms with E-state index in [9.17, 15) is 4.79 Å². The minimum absolute atomic E-state index is 0.173. The van der Waals surface area contributed by atoms with Crippen molar-refractivity contribution >= 4 is 29.1 Å². The quantitative estimate of drug-likeness (QED) is 0.527. The standard InChI is InChI=1S/C14H11ClN4O2S/c1-19-14(16-17-18-19)22-8-11-6-7-12(21-11)13(20)9-2-4-10(15)5-3-9/h2-7H,8H2,1H3. The second kappa shape index (κ2) is 6.33. The van der Waals surface area contributed by atoms with Crippen LogP contribution in [0.25, 0.3) is 0 Å². The Kier molecular flexibility index (Phi) is 4.26. The van der Waals surface area contributed by atoms with Gasteiger partial charge in [0.05, 0.1) is 5.75 Å². The minimum atomic E-state index is -0.173. The van der Waals surface area contributed by atoms with E-state index in [1.54, 1.807) is 48.1 Å². The fraction of sp³-hybridized carbons (Fsp3) is 0.143. The summed E-state index contributed by atoms with van der Waals surface area (Å²) in [5, 5.41) is 12.5. The molecule has 0 saturated carbocycles. The lowest BCUT2D eigenvalue weighted by Crippen LogP contribution is -1.98. The van der Waals surface area contributed by atoms with Crippen molar-refractivity contribution in [2.45, 2.75) is 10.9 Å². The zero-order chi connectivity index (χ0) is 15.5. The molecule has 3 rings (SSSR count). The fourth-order valence-corrected chi connectivity index (χ4v) is 2.67. The number of aryl methyl sites for hydroxylation is 1. The summed E-state index contributed by atoms with van der Waals surface area (Å²) in [4.78, 5) is 12.3. The molecule has 8 heteroatoms. The first-order valence-corrected chi connectivity index (χ1v) is 7.74. The molecule has 0 amide bonds. The number of halogens is 1. The Morgan fingerprint density at radius 3 is 2.73 bits per heavy atom. The van der Waals surface area contributed by atoms with Gasteiger partial charge in [-0.15, -0.1) is 5.10 Å². The summed E-state index contributed by atoms with van der Waals surface area (Å²) in [6.45, 7) is 0. The number of tetrazole rings is 1. The number of hydrogen-bond acceptors (Lipinski definition) is 6. The highest BCUT2D eigenvalue weighted by Crippen LogP contribution is 2.22. The van der Waals surface area contributed by atoms with E-state index in [0.29, 0.717) is 33.0 Å². The molecule has 0 radical (unpaired) electrons. The molecule has 0 saturated heterocycles. The van der Waals surface area contributed by atoms with Crippen LogP contribution >= 0.6 is 23.4 Å². The molecule has 0 fully saturated rings. The summed E-state index contributed by atoms with van der Waals surface area (Å²) in [6.07, 6.45) is 0. The van der Waals surface area contributed by atoms with Gasteiger partial charge in [-0.1, -0.05) is 23.4 Å². The van der Waals surface area contributed by atoms with E-state index in [4.69, 9.17) is 16.0 Å². The number of aromatic nitrogens is 4. The molecule has 22 heavy (non-hydrogen) atoms. The summed E-state index contributed by atoms with van der Waals surface area (Å²) in [5.41, 5.74) is 0.537. The molecule has 2 aromatic heterocycles. The van der Waals surface area contributed by atoms with Gasteiger partial charge in [-0.3, -0.25) is 4.79 Å². The first-order chi connectivity index (χ1) is 10.6. The van der Waals surface area contributed by atoms with Crippen LogP contribution in [0.3, 0.4) is 0 Å². The number of furan rings is 1. The second-order valence-electron chi connectivity index (χ2n) is 4.48. The maximum atomic E-state index is 12.3. The normalized spacial score (nSPS) is 10.8. The number of rotatable bonds is 5. The Labute approximate surface area is 135 Å². The molecule has 0 aliphatic carbocycles. The molecule has 3 aromatic rings. The first kappa shape index (κ1) is 14.8. The van der Waals surface area contributed by atoms with Crippen LogP contribution in [0.2, 0.25) is 5.02 Å². The number of nitrogens with zero attached hydrogens (tertiary/aromatic N) is 4. The van der Waals surface area contributed by atoms with Crippen molar-refractivity contribution in [1.29, 1.82) is 0 Å². The molecule has 2 heterocycles. The van der Waals surface area contributed by atoms with Crippen LogP contribution in [-0.2, 0) is 12.8 Å². The van der Waals surface area contributed by atoms with Crippen molar-refractivity contribution in [3.63, 3.8) is 0 Å². The first-order valence-electron chi connectivity index (χ1n) is 6.37.